The number of hydrogen-bond donors (Lipinski definition) is 1. The number of hydrogen-bond acceptors (Lipinski definition) is 5. The number of benzene rings is 1. The van der Waals surface area contributed by atoms with Gasteiger partial charge in [-0.15, -0.1) is 12.4 Å². The molecular formula is C18H27ClF2N2O4. The molecule has 9 heteroatoms. The van der Waals surface area contributed by atoms with Crippen molar-refractivity contribution in [3.05, 3.63) is 17.7 Å². The molecule has 0 bridgehead atoms. The maximum atomic E-state index is 13.1. The number of nitrogens with one attached hydrogen (secondary N) is 1. The van der Waals surface area contributed by atoms with Crippen molar-refractivity contribution in [3.63, 3.8) is 0 Å². The van der Waals surface area contributed by atoms with Gasteiger partial charge in [-0.3, -0.25) is 4.79 Å². The summed E-state index contributed by atoms with van der Waals surface area (Å²) < 4.78 is 40.1. The molecule has 1 amide bonds. The fourth-order valence-corrected chi connectivity index (χ4v) is 3.18. The van der Waals surface area contributed by atoms with Crippen LogP contribution >= 0.6 is 12.4 Å². The van der Waals surface area contributed by atoms with Crippen molar-refractivity contribution in [1.29, 1.82) is 0 Å². The van der Waals surface area contributed by atoms with E-state index < -0.39 is 6.61 Å². The molecule has 1 aliphatic rings. The highest BCUT2D eigenvalue weighted by atomic mass is 35.5. The monoisotopic (exact) mass is 408 g/mol. The first-order valence-corrected chi connectivity index (χ1v) is 8.74. The summed E-state index contributed by atoms with van der Waals surface area (Å²) in [4.78, 5) is 15.0. The molecule has 6 nitrogen and oxygen atoms in total. The second-order valence-corrected chi connectivity index (χ2v) is 6.07. The van der Waals surface area contributed by atoms with E-state index in [0.717, 1.165) is 32.4 Å². The number of methoxy groups -OCH3 is 2. The number of nitrogens with zero attached hydrogens (tertiary/aromatic N) is 1. The van der Waals surface area contributed by atoms with Gasteiger partial charge in [0.1, 0.15) is 0 Å². The highest BCUT2D eigenvalue weighted by molar-refractivity contribution is 5.96. The van der Waals surface area contributed by atoms with Gasteiger partial charge in [-0.25, -0.2) is 0 Å². The molecule has 2 rings (SSSR count). The van der Waals surface area contributed by atoms with Gasteiger partial charge in [0.05, 0.1) is 14.2 Å². The molecule has 1 fully saturated rings. The van der Waals surface area contributed by atoms with Crippen molar-refractivity contribution < 1.29 is 27.8 Å². The molecule has 1 heterocycles. The zero-order chi connectivity index (χ0) is 19.1. The minimum atomic E-state index is -3.02. The van der Waals surface area contributed by atoms with E-state index in [2.05, 4.69) is 10.1 Å². The standard InChI is InChI=1S/C18H26F2N2O4.ClH/c1-4-9-22(13-5-7-21-8-6-13)17(23)12-10-14(24-2)16(26-18(19)20)15(11-12)25-3;/h10-11,13,18,21H,4-9H2,1-3H3;1H. The van der Waals surface area contributed by atoms with Crippen LogP contribution in [0, 0.1) is 0 Å². The topological polar surface area (TPSA) is 60.0 Å². The summed E-state index contributed by atoms with van der Waals surface area (Å²) in [6.07, 6.45) is 2.59. The molecule has 0 aromatic heterocycles. The van der Waals surface area contributed by atoms with Crippen LogP contribution in [0.2, 0.25) is 0 Å². The summed E-state index contributed by atoms with van der Waals surface area (Å²) in [5.74, 6) is -0.311. The van der Waals surface area contributed by atoms with Gasteiger partial charge >= 0.3 is 6.61 Å². The van der Waals surface area contributed by atoms with E-state index in [9.17, 15) is 13.6 Å². The molecule has 1 aliphatic heterocycles. The molecule has 154 valence electrons. The van der Waals surface area contributed by atoms with Gasteiger partial charge in [-0.2, -0.15) is 8.78 Å². The first kappa shape index (κ1) is 23.2. The number of rotatable bonds is 8. The smallest absolute Gasteiger partial charge is 0.387 e. The fraction of sp³-hybridized carbons (Fsp3) is 0.611. The maximum absolute atomic E-state index is 13.1. The highest BCUT2D eigenvalue weighted by Crippen LogP contribution is 2.40. The minimum absolute atomic E-state index is 0. The molecule has 27 heavy (non-hydrogen) atoms. The number of ether oxygens (including phenoxy) is 3. The van der Waals surface area contributed by atoms with E-state index in [4.69, 9.17) is 9.47 Å². The second-order valence-electron chi connectivity index (χ2n) is 6.07. The van der Waals surface area contributed by atoms with Gasteiger partial charge in [0.2, 0.25) is 5.75 Å². The second kappa shape index (κ2) is 11.1. The Morgan fingerprint density at radius 2 is 1.78 bits per heavy atom. The summed E-state index contributed by atoms with van der Waals surface area (Å²) in [6.45, 7) is 1.36. The SMILES string of the molecule is CCCN(C(=O)c1cc(OC)c(OC(F)F)c(OC)c1)C1CCNCC1.Cl. The molecule has 1 N–H and O–H groups in total. The third kappa shape index (κ3) is 5.84. The number of alkyl halides is 2. The van der Waals surface area contributed by atoms with Crippen molar-refractivity contribution >= 4 is 18.3 Å². The summed E-state index contributed by atoms with van der Waals surface area (Å²) in [5.41, 5.74) is 0.326. The molecule has 1 aromatic rings. The molecule has 0 unspecified atom stereocenters. The number of carbonyl (C=O) groups is 1. The lowest BCUT2D eigenvalue weighted by molar-refractivity contribution is -0.0526. The lowest BCUT2D eigenvalue weighted by Crippen LogP contribution is -2.46. The van der Waals surface area contributed by atoms with E-state index in [1.54, 1.807) is 0 Å². The predicted octanol–water partition coefficient (Wildman–Crippen LogP) is 3.33. The lowest BCUT2D eigenvalue weighted by Gasteiger charge is -2.34. The zero-order valence-corrected chi connectivity index (χ0v) is 16.6. The largest absolute Gasteiger partial charge is 0.493 e. The van der Waals surface area contributed by atoms with E-state index in [-0.39, 0.29) is 41.6 Å². The van der Waals surface area contributed by atoms with Crippen molar-refractivity contribution in [2.45, 2.75) is 38.8 Å². The van der Waals surface area contributed by atoms with Crippen molar-refractivity contribution in [2.75, 3.05) is 33.9 Å². The van der Waals surface area contributed by atoms with Crippen LogP contribution in [0.25, 0.3) is 0 Å². The van der Waals surface area contributed by atoms with Crippen molar-refractivity contribution in [1.82, 2.24) is 10.2 Å². The van der Waals surface area contributed by atoms with Crippen molar-refractivity contribution in [2.24, 2.45) is 0 Å². The van der Waals surface area contributed by atoms with Crippen LogP contribution < -0.4 is 19.5 Å². The number of halogens is 3. The average Bonchev–Trinajstić information content (AvgIpc) is 2.65. The average molecular weight is 409 g/mol. The Bertz CT molecular complexity index is 588. The van der Waals surface area contributed by atoms with Crippen LogP contribution in [0.4, 0.5) is 8.78 Å². The maximum Gasteiger partial charge on any atom is 0.387 e. The summed E-state index contributed by atoms with van der Waals surface area (Å²) >= 11 is 0. The van der Waals surface area contributed by atoms with Gasteiger partial charge in [0.15, 0.2) is 11.5 Å². The van der Waals surface area contributed by atoms with E-state index in [1.807, 2.05) is 11.8 Å². The molecule has 0 atom stereocenters. The minimum Gasteiger partial charge on any atom is -0.493 e. The number of carbonyl (C=O) groups excluding carboxylic acids is 1. The quantitative estimate of drug-likeness (QED) is 0.715. The van der Waals surface area contributed by atoms with Gasteiger partial charge in [-0.05, 0) is 44.5 Å². The Balaban J connectivity index is 0.00000364. The Morgan fingerprint density at radius 3 is 2.22 bits per heavy atom. The molecule has 0 aliphatic carbocycles. The summed E-state index contributed by atoms with van der Waals surface area (Å²) in [5, 5.41) is 3.29. The van der Waals surface area contributed by atoms with Crippen LogP contribution in [0.15, 0.2) is 12.1 Å². The van der Waals surface area contributed by atoms with Gasteiger partial charge in [0.25, 0.3) is 5.91 Å². The molecule has 0 radical (unpaired) electrons. The molecule has 0 spiro atoms. The third-order valence-corrected chi connectivity index (χ3v) is 4.39. The van der Waals surface area contributed by atoms with Gasteiger partial charge in [-0.1, -0.05) is 6.92 Å². The van der Waals surface area contributed by atoms with Crippen LogP contribution in [-0.4, -0.2) is 57.3 Å². The van der Waals surface area contributed by atoms with Crippen LogP contribution in [-0.2, 0) is 0 Å². The van der Waals surface area contributed by atoms with Gasteiger partial charge < -0.3 is 24.4 Å². The third-order valence-electron chi connectivity index (χ3n) is 4.39. The Kier molecular flexibility index (Phi) is 9.59. The van der Waals surface area contributed by atoms with Crippen LogP contribution in [0.1, 0.15) is 36.5 Å². The normalized spacial score (nSPS) is 14.4. The molecule has 1 aromatic carbocycles. The highest BCUT2D eigenvalue weighted by Gasteiger charge is 2.28. The number of piperidine rings is 1. The molecule has 0 saturated carbocycles. The van der Waals surface area contributed by atoms with E-state index in [0.29, 0.717) is 12.1 Å². The summed E-state index contributed by atoms with van der Waals surface area (Å²) in [6, 6.07) is 3.00. The summed E-state index contributed by atoms with van der Waals surface area (Å²) in [7, 11) is 2.66. The first-order chi connectivity index (χ1) is 12.5. The fourth-order valence-electron chi connectivity index (χ4n) is 3.18. The number of amides is 1. The molecule has 1 saturated heterocycles. The Labute approximate surface area is 164 Å². The zero-order valence-electron chi connectivity index (χ0n) is 15.8. The Hall–Kier alpha value is -1.80. The lowest BCUT2D eigenvalue weighted by atomic mass is 10.0. The van der Waals surface area contributed by atoms with Crippen molar-refractivity contribution in [3.8, 4) is 17.2 Å². The molecular weight excluding hydrogens is 382 g/mol. The first-order valence-electron chi connectivity index (χ1n) is 8.74. The Morgan fingerprint density at radius 1 is 1.22 bits per heavy atom. The van der Waals surface area contributed by atoms with Gasteiger partial charge in [0, 0.05) is 18.2 Å². The van der Waals surface area contributed by atoms with Crippen LogP contribution in [0.5, 0.6) is 17.2 Å². The van der Waals surface area contributed by atoms with Crippen LogP contribution in [0.3, 0.4) is 0 Å². The van der Waals surface area contributed by atoms with E-state index in [1.165, 1.54) is 26.4 Å². The van der Waals surface area contributed by atoms with E-state index >= 15 is 0 Å². The predicted molar refractivity (Wildman–Crippen MR) is 101 cm³/mol.